The molecule has 2 aliphatic rings. The van der Waals surface area contributed by atoms with Gasteiger partial charge in [-0.2, -0.15) is 0 Å². The maximum absolute atomic E-state index is 12.8. The molecule has 4 aromatic carbocycles. The van der Waals surface area contributed by atoms with Gasteiger partial charge < -0.3 is 14.8 Å². The van der Waals surface area contributed by atoms with Crippen LogP contribution in [0, 0.1) is 0 Å². The first kappa shape index (κ1) is 33.8. The molecule has 0 saturated carbocycles. The van der Waals surface area contributed by atoms with Crippen LogP contribution >= 0.6 is 0 Å². The van der Waals surface area contributed by atoms with E-state index in [4.69, 9.17) is 9.47 Å². The Morgan fingerprint density at radius 2 is 1.38 bits per heavy atom. The molecule has 1 spiro atoms. The normalized spacial score (nSPS) is 17.9. The lowest BCUT2D eigenvalue weighted by molar-refractivity contribution is -0.120. The van der Waals surface area contributed by atoms with Gasteiger partial charge in [-0.25, -0.2) is 0 Å². The minimum absolute atomic E-state index is 0.0896. The molecule has 5 nitrogen and oxygen atoms in total. The van der Waals surface area contributed by atoms with Crippen molar-refractivity contribution in [3.8, 4) is 11.5 Å². The molecule has 1 amide bonds. The second kappa shape index (κ2) is 15.9. The van der Waals surface area contributed by atoms with Gasteiger partial charge in [-0.1, -0.05) is 97.4 Å². The lowest BCUT2D eigenvalue weighted by Crippen LogP contribution is -2.55. The third-order valence-electron chi connectivity index (χ3n) is 11.1. The van der Waals surface area contributed by atoms with Crippen LogP contribution in [0.2, 0.25) is 0 Å². The number of piperidine rings is 1. The van der Waals surface area contributed by atoms with Gasteiger partial charge >= 0.3 is 0 Å². The predicted octanol–water partition coefficient (Wildman–Crippen LogP) is 8.32. The van der Waals surface area contributed by atoms with Crippen LogP contribution in [0.25, 0.3) is 0 Å². The molecular formula is C43H52N2O3. The number of carbonyl (C=O) groups excluding carboxylic acids is 1. The Balaban J connectivity index is 1.18. The highest BCUT2D eigenvalue weighted by atomic mass is 16.5. The number of benzene rings is 4. The van der Waals surface area contributed by atoms with Crippen molar-refractivity contribution in [1.29, 1.82) is 0 Å². The highest BCUT2D eigenvalue weighted by Crippen LogP contribution is 2.45. The molecule has 1 saturated heterocycles. The van der Waals surface area contributed by atoms with Crippen LogP contribution in [0.3, 0.4) is 0 Å². The average molecular weight is 645 g/mol. The van der Waals surface area contributed by atoms with Crippen molar-refractivity contribution in [3.63, 3.8) is 0 Å². The summed E-state index contributed by atoms with van der Waals surface area (Å²) in [5, 5.41) is 3.21. The van der Waals surface area contributed by atoms with E-state index in [1.54, 1.807) is 14.2 Å². The summed E-state index contributed by atoms with van der Waals surface area (Å²) < 4.78 is 11.3. The summed E-state index contributed by atoms with van der Waals surface area (Å²) in [6, 6.07) is 36.6. The zero-order valence-corrected chi connectivity index (χ0v) is 28.9. The molecule has 252 valence electrons. The Bertz CT molecular complexity index is 1570. The van der Waals surface area contributed by atoms with Gasteiger partial charge in [0.05, 0.1) is 20.6 Å². The topological polar surface area (TPSA) is 50.8 Å². The Kier molecular flexibility index (Phi) is 11.2. The molecule has 1 unspecified atom stereocenters. The van der Waals surface area contributed by atoms with Crippen LogP contribution in [0.1, 0.15) is 79.2 Å². The van der Waals surface area contributed by atoms with E-state index in [1.807, 2.05) is 30.3 Å². The van der Waals surface area contributed by atoms with Crippen LogP contribution in [0.5, 0.6) is 11.5 Å². The Morgan fingerprint density at radius 1 is 0.771 bits per heavy atom. The largest absolute Gasteiger partial charge is 0.493 e. The number of hydrogen-bond acceptors (Lipinski definition) is 4. The Hall–Kier alpha value is -4.09. The molecule has 1 atom stereocenters. The molecule has 0 bridgehead atoms. The lowest BCUT2D eigenvalue weighted by Gasteiger charge is -2.50. The van der Waals surface area contributed by atoms with Gasteiger partial charge in [-0.05, 0) is 111 Å². The lowest BCUT2D eigenvalue weighted by atomic mass is 9.68. The van der Waals surface area contributed by atoms with Gasteiger partial charge in [-0.3, -0.25) is 9.69 Å². The van der Waals surface area contributed by atoms with Gasteiger partial charge in [0.1, 0.15) is 0 Å². The van der Waals surface area contributed by atoms with Crippen LogP contribution in [-0.4, -0.2) is 50.2 Å². The smallest absolute Gasteiger partial charge is 0.224 e. The number of rotatable bonds is 14. The van der Waals surface area contributed by atoms with Crippen molar-refractivity contribution in [1.82, 2.24) is 10.2 Å². The molecule has 1 heterocycles. The van der Waals surface area contributed by atoms with Crippen LogP contribution in [-0.2, 0) is 29.5 Å². The second-order valence-corrected chi connectivity index (χ2v) is 13.9. The van der Waals surface area contributed by atoms with Crippen molar-refractivity contribution in [2.24, 2.45) is 0 Å². The molecular weight excluding hydrogens is 592 g/mol. The number of amides is 1. The van der Waals surface area contributed by atoms with Crippen LogP contribution in [0.4, 0.5) is 0 Å². The van der Waals surface area contributed by atoms with Gasteiger partial charge in [0.25, 0.3) is 0 Å². The Labute approximate surface area is 287 Å². The van der Waals surface area contributed by atoms with E-state index in [0.29, 0.717) is 13.0 Å². The average Bonchev–Trinajstić information content (AvgIpc) is 3.14. The summed E-state index contributed by atoms with van der Waals surface area (Å²) >= 11 is 0. The summed E-state index contributed by atoms with van der Waals surface area (Å²) in [6.07, 6.45) is 11.7. The quantitative estimate of drug-likeness (QED) is 0.140. The molecule has 0 radical (unpaired) electrons. The number of hydrogen-bond donors (Lipinski definition) is 1. The number of nitrogens with zero attached hydrogens (tertiary/aromatic N) is 1. The van der Waals surface area contributed by atoms with E-state index >= 15 is 0 Å². The molecule has 5 heteroatoms. The van der Waals surface area contributed by atoms with E-state index in [1.165, 1.54) is 54.5 Å². The highest BCUT2D eigenvalue weighted by molar-refractivity contribution is 5.78. The maximum Gasteiger partial charge on any atom is 0.224 e. The molecule has 6 rings (SSSR count). The minimum Gasteiger partial charge on any atom is -0.493 e. The molecule has 48 heavy (non-hydrogen) atoms. The molecule has 0 aromatic heterocycles. The molecule has 1 fully saturated rings. The van der Waals surface area contributed by atoms with Gasteiger partial charge in [0.15, 0.2) is 11.5 Å². The van der Waals surface area contributed by atoms with E-state index in [9.17, 15) is 4.79 Å². The number of likely N-dealkylation sites (tertiary alicyclic amines) is 1. The Morgan fingerprint density at radius 3 is 2.02 bits per heavy atom. The number of fused-ring (bicyclic) bond motifs is 1. The van der Waals surface area contributed by atoms with Crippen LogP contribution < -0.4 is 14.8 Å². The summed E-state index contributed by atoms with van der Waals surface area (Å²) in [7, 11) is 3.46. The first-order chi connectivity index (χ1) is 23.5. The standard InChI is InChI=1S/C43H52N2O3/c1-47-39-31-35-22-26-42(33-36(35)32-40(39)48-2)23-12-13-28-45(42)29-15-25-43(37-18-8-4-9-19-37,38-20-10-5-11-21-38)24-14-27-44-41(46)30-34-16-6-3-7-17-34/h3-11,16-21,31-32H,12-15,22-30,33H2,1-2H3,(H,44,46). The van der Waals surface area contributed by atoms with E-state index in [2.05, 4.69) is 83.0 Å². The summed E-state index contributed by atoms with van der Waals surface area (Å²) in [5.41, 5.74) is 6.69. The van der Waals surface area contributed by atoms with Crippen molar-refractivity contribution in [3.05, 3.63) is 131 Å². The van der Waals surface area contributed by atoms with Crippen molar-refractivity contribution in [2.75, 3.05) is 33.9 Å². The molecule has 1 N–H and O–H groups in total. The van der Waals surface area contributed by atoms with E-state index in [0.717, 1.165) is 62.1 Å². The predicted molar refractivity (Wildman–Crippen MR) is 195 cm³/mol. The molecule has 4 aromatic rings. The number of nitrogens with one attached hydrogen (secondary N) is 1. The van der Waals surface area contributed by atoms with Crippen molar-refractivity contribution >= 4 is 5.91 Å². The van der Waals surface area contributed by atoms with Gasteiger partial charge in [-0.15, -0.1) is 0 Å². The van der Waals surface area contributed by atoms with Crippen LogP contribution in [0.15, 0.2) is 103 Å². The summed E-state index contributed by atoms with van der Waals surface area (Å²) in [5.74, 6) is 1.76. The fraction of sp³-hybridized carbons (Fsp3) is 0.419. The summed E-state index contributed by atoms with van der Waals surface area (Å²) in [6.45, 7) is 2.94. The zero-order chi connectivity index (χ0) is 33.2. The molecule has 1 aliphatic heterocycles. The molecule has 1 aliphatic carbocycles. The van der Waals surface area contributed by atoms with E-state index < -0.39 is 0 Å². The van der Waals surface area contributed by atoms with Crippen molar-refractivity contribution < 1.29 is 14.3 Å². The third-order valence-corrected chi connectivity index (χ3v) is 11.1. The fourth-order valence-electron chi connectivity index (χ4n) is 8.57. The number of carbonyl (C=O) groups is 1. The fourth-order valence-corrected chi connectivity index (χ4v) is 8.57. The maximum atomic E-state index is 12.8. The van der Waals surface area contributed by atoms with Gasteiger partial charge in [0.2, 0.25) is 5.91 Å². The summed E-state index contributed by atoms with van der Waals surface area (Å²) in [4.78, 5) is 15.6. The van der Waals surface area contributed by atoms with Gasteiger partial charge in [0, 0.05) is 17.5 Å². The minimum atomic E-state index is -0.126. The monoisotopic (exact) mass is 644 g/mol. The number of methoxy groups -OCH3 is 2. The van der Waals surface area contributed by atoms with E-state index in [-0.39, 0.29) is 16.9 Å². The SMILES string of the molecule is COc1cc2c(cc1OC)CC1(CCCCN1CCCC(CCCNC(=O)Cc1ccccc1)(c1ccccc1)c1ccccc1)CC2. The first-order valence-corrected chi connectivity index (χ1v) is 18.0. The van der Waals surface area contributed by atoms with Crippen molar-refractivity contribution in [2.45, 2.75) is 81.6 Å². The first-order valence-electron chi connectivity index (χ1n) is 18.0. The number of aryl methyl sites for hydroxylation is 1. The second-order valence-electron chi connectivity index (χ2n) is 13.9. The number of ether oxygens (including phenoxy) is 2. The zero-order valence-electron chi connectivity index (χ0n) is 28.9. The third kappa shape index (κ3) is 7.63. The highest BCUT2D eigenvalue weighted by Gasteiger charge is 2.42.